The van der Waals surface area contributed by atoms with Crippen molar-refractivity contribution in [3.05, 3.63) is 18.2 Å². The third-order valence-electron chi connectivity index (χ3n) is 4.57. The van der Waals surface area contributed by atoms with E-state index in [0.717, 1.165) is 18.8 Å². The maximum Gasteiger partial charge on any atom is 0.231 e. The number of anilines is 1. The van der Waals surface area contributed by atoms with E-state index in [1.807, 2.05) is 11.0 Å². The van der Waals surface area contributed by atoms with E-state index >= 15 is 0 Å². The van der Waals surface area contributed by atoms with Gasteiger partial charge in [-0.05, 0) is 12.1 Å². The van der Waals surface area contributed by atoms with Crippen LogP contribution in [0.1, 0.15) is 6.42 Å². The number of nitrogens with one attached hydrogen (secondary N) is 1. The first kappa shape index (κ1) is 16.9. The Labute approximate surface area is 146 Å². The normalized spacial score (nSPS) is 22.5. The lowest BCUT2D eigenvalue weighted by Crippen LogP contribution is -2.48. The molecule has 1 unspecified atom stereocenters. The third-order valence-corrected chi connectivity index (χ3v) is 4.57. The van der Waals surface area contributed by atoms with Crippen LogP contribution in [0.25, 0.3) is 0 Å². The lowest BCUT2D eigenvalue weighted by molar-refractivity contribution is -0.136. The van der Waals surface area contributed by atoms with Crippen molar-refractivity contribution < 1.29 is 19.1 Å². The Balaban J connectivity index is 0.00000169. The van der Waals surface area contributed by atoms with Crippen molar-refractivity contribution in [3.8, 4) is 11.5 Å². The number of ether oxygens (including phenoxy) is 2. The minimum Gasteiger partial charge on any atom is -0.454 e. The average Bonchev–Trinajstić information content (AvgIpc) is 3.20. The largest absolute Gasteiger partial charge is 0.454 e. The fraction of sp³-hybridized carbons (Fsp3) is 0.500. The van der Waals surface area contributed by atoms with Crippen LogP contribution in [-0.4, -0.2) is 56.2 Å². The van der Waals surface area contributed by atoms with Gasteiger partial charge in [-0.3, -0.25) is 9.59 Å². The minimum atomic E-state index is -0.258. The fourth-order valence-electron chi connectivity index (χ4n) is 3.32. The highest BCUT2D eigenvalue weighted by Crippen LogP contribution is 2.37. The summed E-state index contributed by atoms with van der Waals surface area (Å²) >= 11 is 0. The molecule has 0 bridgehead atoms. The first-order valence-electron chi connectivity index (χ1n) is 7.92. The first-order valence-corrected chi connectivity index (χ1v) is 7.92. The molecule has 2 saturated heterocycles. The first-order chi connectivity index (χ1) is 11.2. The van der Waals surface area contributed by atoms with Gasteiger partial charge in [0.15, 0.2) is 11.5 Å². The Morgan fingerprint density at radius 3 is 2.71 bits per heavy atom. The zero-order chi connectivity index (χ0) is 15.8. The summed E-state index contributed by atoms with van der Waals surface area (Å²) in [6.07, 6.45) is 0.275. The van der Waals surface area contributed by atoms with E-state index in [4.69, 9.17) is 9.47 Å². The van der Waals surface area contributed by atoms with Gasteiger partial charge < -0.3 is 24.6 Å². The molecule has 0 spiro atoms. The topological polar surface area (TPSA) is 71.1 Å². The number of piperazine rings is 1. The Morgan fingerprint density at radius 1 is 1.17 bits per heavy atom. The molecule has 1 N–H and O–H groups in total. The summed E-state index contributed by atoms with van der Waals surface area (Å²) in [5.74, 6) is 1.15. The number of hydrogen-bond acceptors (Lipinski definition) is 5. The zero-order valence-corrected chi connectivity index (χ0v) is 14.0. The van der Waals surface area contributed by atoms with Crippen molar-refractivity contribution in [1.29, 1.82) is 0 Å². The van der Waals surface area contributed by atoms with E-state index in [0.29, 0.717) is 31.1 Å². The number of carbonyl (C=O) groups excluding carboxylic acids is 2. The minimum absolute atomic E-state index is 0. The van der Waals surface area contributed by atoms with Crippen LogP contribution in [0.15, 0.2) is 18.2 Å². The van der Waals surface area contributed by atoms with Gasteiger partial charge in [0, 0.05) is 50.9 Å². The standard InChI is InChI=1S/C16H19N3O4.ClH/c20-15-7-11(16(21)18-5-3-17-4-6-18)9-19(15)12-1-2-13-14(8-12)23-10-22-13;/h1-2,8,11,17H,3-7,9-10H2;1H. The summed E-state index contributed by atoms with van der Waals surface area (Å²) in [5.41, 5.74) is 0.759. The van der Waals surface area contributed by atoms with E-state index < -0.39 is 0 Å². The molecule has 3 aliphatic heterocycles. The maximum absolute atomic E-state index is 12.6. The Hall–Kier alpha value is -1.99. The molecule has 4 rings (SSSR count). The Bertz CT molecular complexity index is 648. The smallest absolute Gasteiger partial charge is 0.231 e. The van der Waals surface area contributed by atoms with Crippen molar-refractivity contribution in [2.24, 2.45) is 5.92 Å². The van der Waals surface area contributed by atoms with E-state index in [9.17, 15) is 9.59 Å². The summed E-state index contributed by atoms with van der Waals surface area (Å²) in [5, 5.41) is 3.23. The van der Waals surface area contributed by atoms with Crippen LogP contribution in [-0.2, 0) is 9.59 Å². The van der Waals surface area contributed by atoms with Gasteiger partial charge in [0.2, 0.25) is 18.6 Å². The second-order valence-corrected chi connectivity index (χ2v) is 6.02. The van der Waals surface area contributed by atoms with Crippen LogP contribution in [0.2, 0.25) is 0 Å². The Morgan fingerprint density at radius 2 is 1.92 bits per heavy atom. The van der Waals surface area contributed by atoms with Gasteiger partial charge in [-0.1, -0.05) is 0 Å². The third kappa shape index (κ3) is 3.01. The van der Waals surface area contributed by atoms with Crippen molar-refractivity contribution in [3.63, 3.8) is 0 Å². The number of carbonyl (C=O) groups is 2. The van der Waals surface area contributed by atoms with E-state index in [-0.39, 0.29) is 43.4 Å². The average molecular weight is 354 g/mol. The van der Waals surface area contributed by atoms with Gasteiger partial charge in [0.05, 0.1) is 5.92 Å². The van der Waals surface area contributed by atoms with Gasteiger partial charge in [-0.15, -0.1) is 12.4 Å². The van der Waals surface area contributed by atoms with Crippen LogP contribution in [0.4, 0.5) is 5.69 Å². The molecule has 8 heteroatoms. The number of halogens is 1. The SMILES string of the molecule is Cl.O=C(C1CC(=O)N(c2ccc3c(c2)OCO3)C1)N1CCNCC1. The zero-order valence-electron chi connectivity index (χ0n) is 13.2. The molecule has 7 nitrogen and oxygen atoms in total. The summed E-state index contributed by atoms with van der Waals surface area (Å²) in [4.78, 5) is 28.5. The summed E-state index contributed by atoms with van der Waals surface area (Å²) < 4.78 is 10.7. The lowest BCUT2D eigenvalue weighted by Gasteiger charge is -2.29. The number of fused-ring (bicyclic) bond motifs is 1. The van der Waals surface area contributed by atoms with Crippen LogP contribution in [0.3, 0.4) is 0 Å². The summed E-state index contributed by atoms with van der Waals surface area (Å²) in [6, 6.07) is 5.44. The highest BCUT2D eigenvalue weighted by molar-refractivity contribution is 6.00. The number of amides is 2. The van der Waals surface area contributed by atoms with Crippen LogP contribution >= 0.6 is 12.4 Å². The monoisotopic (exact) mass is 353 g/mol. The summed E-state index contributed by atoms with van der Waals surface area (Å²) in [7, 11) is 0. The van der Waals surface area contributed by atoms with Gasteiger partial charge in [-0.2, -0.15) is 0 Å². The number of rotatable bonds is 2. The molecule has 1 aromatic carbocycles. The van der Waals surface area contributed by atoms with Crippen molar-refractivity contribution >= 4 is 29.9 Å². The molecule has 3 heterocycles. The molecule has 0 radical (unpaired) electrons. The van der Waals surface area contributed by atoms with Crippen LogP contribution in [0, 0.1) is 5.92 Å². The molecular weight excluding hydrogens is 334 g/mol. The molecule has 1 aromatic rings. The molecule has 0 aliphatic carbocycles. The second-order valence-electron chi connectivity index (χ2n) is 6.02. The van der Waals surface area contributed by atoms with Gasteiger partial charge >= 0.3 is 0 Å². The highest BCUT2D eigenvalue weighted by Gasteiger charge is 2.37. The molecule has 2 fully saturated rings. The molecule has 2 amide bonds. The van der Waals surface area contributed by atoms with Crippen LogP contribution in [0.5, 0.6) is 11.5 Å². The molecular formula is C16H20ClN3O4. The number of benzene rings is 1. The molecule has 24 heavy (non-hydrogen) atoms. The van der Waals surface area contributed by atoms with E-state index in [2.05, 4.69) is 5.32 Å². The van der Waals surface area contributed by atoms with Crippen molar-refractivity contribution in [1.82, 2.24) is 10.2 Å². The fourth-order valence-corrected chi connectivity index (χ4v) is 3.32. The molecule has 130 valence electrons. The maximum atomic E-state index is 12.6. The van der Waals surface area contributed by atoms with E-state index in [1.165, 1.54) is 0 Å². The van der Waals surface area contributed by atoms with Gasteiger partial charge in [0.1, 0.15) is 0 Å². The van der Waals surface area contributed by atoms with Gasteiger partial charge in [0.25, 0.3) is 0 Å². The molecule has 0 saturated carbocycles. The van der Waals surface area contributed by atoms with Gasteiger partial charge in [-0.25, -0.2) is 0 Å². The van der Waals surface area contributed by atoms with E-state index in [1.54, 1.807) is 17.0 Å². The second kappa shape index (κ2) is 6.86. The molecule has 0 aromatic heterocycles. The molecule has 1 atom stereocenters. The quantitative estimate of drug-likeness (QED) is 0.844. The number of hydrogen-bond donors (Lipinski definition) is 1. The number of nitrogens with zero attached hydrogens (tertiary/aromatic N) is 2. The van der Waals surface area contributed by atoms with Crippen molar-refractivity contribution in [2.75, 3.05) is 44.4 Å². The predicted octanol–water partition coefficient (Wildman–Crippen LogP) is 0.622. The van der Waals surface area contributed by atoms with Crippen LogP contribution < -0.4 is 19.7 Å². The molecule has 3 aliphatic rings. The summed E-state index contributed by atoms with van der Waals surface area (Å²) in [6.45, 7) is 3.70. The lowest BCUT2D eigenvalue weighted by atomic mass is 10.1. The van der Waals surface area contributed by atoms with Crippen molar-refractivity contribution in [2.45, 2.75) is 6.42 Å². The highest BCUT2D eigenvalue weighted by atomic mass is 35.5. The predicted molar refractivity (Wildman–Crippen MR) is 89.7 cm³/mol. The Kier molecular flexibility index (Phi) is 4.82.